The molecule has 1 amide bonds. The maximum absolute atomic E-state index is 11.1. The molecule has 0 aromatic carbocycles. The maximum atomic E-state index is 11.1. The van der Waals surface area contributed by atoms with Crippen LogP contribution in [0.2, 0.25) is 0 Å². The molecule has 5 heteroatoms. The average molecular weight is 191 g/mol. The number of carbonyl (C=O) groups is 1. The van der Waals surface area contributed by atoms with Crippen LogP contribution in [-0.2, 0) is 4.79 Å². The Bertz CT molecular complexity index is 468. The summed E-state index contributed by atoms with van der Waals surface area (Å²) in [4.78, 5) is 24.3. The number of anilines is 1. The van der Waals surface area contributed by atoms with E-state index in [0.717, 1.165) is 0 Å². The van der Waals surface area contributed by atoms with Crippen molar-refractivity contribution >= 4 is 11.6 Å². The minimum absolute atomic E-state index is 0.0243. The number of hydrogen-bond acceptors (Lipinski definition) is 3. The van der Waals surface area contributed by atoms with Gasteiger partial charge in [0.05, 0.1) is 5.69 Å². The summed E-state index contributed by atoms with van der Waals surface area (Å²) in [5.41, 5.74) is 0.510. The van der Waals surface area contributed by atoms with Gasteiger partial charge in [-0.3, -0.25) is 9.59 Å². The molecule has 2 N–H and O–H groups in total. The van der Waals surface area contributed by atoms with E-state index in [1.807, 2.05) is 0 Å². The number of hydrogen-bond donors (Lipinski definition) is 2. The Kier molecular flexibility index (Phi) is 2.67. The second-order valence-electron chi connectivity index (χ2n) is 2.82. The zero-order valence-electron chi connectivity index (χ0n) is 7.84. The van der Waals surface area contributed by atoms with E-state index in [-0.39, 0.29) is 11.5 Å². The van der Waals surface area contributed by atoms with Gasteiger partial charge in [0.2, 0.25) is 5.91 Å². The number of rotatable bonds is 1. The number of pyridine rings is 1. The standard InChI is InChI=1S/C9H9N3O2/c1-5-7(3-10)9(14)11-4-8(5)12-6(2)13/h4H,1-2H3,(H,11,14)(H,12,13). The van der Waals surface area contributed by atoms with E-state index in [0.29, 0.717) is 11.3 Å². The molecule has 0 fully saturated rings. The molecule has 0 aliphatic carbocycles. The predicted molar refractivity (Wildman–Crippen MR) is 50.8 cm³/mol. The SMILES string of the molecule is CC(=O)Nc1c[nH]c(=O)c(C#N)c1C. The topological polar surface area (TPSA) is 85.8 Å². The van der Waals surface area contributed by atoms with Crippen molar-refractivity contribution in [2.45, 2.75) is 13.8 Å². The van der Waals surface area contributed by atoms with E-state index >= 15 is 0 Å². The highest BCUT2D eigenvalue weighted by Crippen LogP contribution is 2.13. The summed E-state index contributed by atoms with van der Waals surface area (Å²) in [6, 6.07) is 1.78. The Labute approximate surface area is 80.4 Å². The molecule has 0 aliphatic rings. The lowest BCUT2D eigenvalue weighted by molar-refractivity contribution is -0.114. The first-order valence-electron chi connectivity index (χ1n) is 3.96. The molecule has 0 saturated heterocycles. The van der Waals surface area contributed by atoms with Crippen LogP contribution in [0.5, 0.6) is 0 Å². The third-order valence-corrected chi connectivity index (χ3v) is 1.78. The van der Waals surface area contributed by atoms with E-state index in [2.05, 4.69) is 10.3 Å². The van der Waals surface area contributed by atoms with Crippen molar-refractivity contribution < 1.29 is 4.79 Å². The quantitative estimate of drug-likeness (QED) is 0.678. The third kappa shape index (κ3) is 1.80. The van der Waals surface area contributed by atoms with Gasteiger partial charge in [-0.25, -0.2) is 0 Å². The van der Waals surface area contributed by atoms with Gasteiger partial charge in [0.15, 0.2) is 0 Å². The van der Waals surface area contributed by atoms with E-state index in [1.165, 1.54) is 13.1 Å². The molecule has 0 radical (unpaired) electrons. The Morgan fingerprint density at radius 3 is 2.79 bits per heavy atom. The van der Waals surface area contributed by atoms with Crippen LogP contribution in [0.25, 0.3) is 0 Å². The average Bonchev–Trinajstić information content (AvgIpc) is 2.10. The Balaban J connectivity index is 3.30. The fraction of sp³-hybridized carbons (Fsp3) is 0.222. The highest BCUT2D eigenvalue weighted by Gasteiger charge is 2.08. The van der Waals surface area contributed by atoms with E-state index < -0.39 is 5.56 Å². The van der Waals surface area contributed by atoms with Gasteiger partial charge < -0.3 is 10.3 Å². The molecule has 0 aliphatic heterocycles. The first-order chi connectivity index (χ1) is 6.56. The number of aromatic nitrogens is 1. The first kappa shape index (κ1) is 9.99. The third-order valence-electron chi connectivity index (χ3n) is 1.78. The van der Waals surface area contributed by atoms with Crippen LogP contribution in [0.1, 0.15) is 18.1 Å². The van der Waals surface area contributed by atoms with Crippen molar-refractivity contribution in [2.75, 3.05) is 5.32 Å². The van der Waals surface area contributed by atoms with E-state index in [4.69, 9.17) is 5.26 Å². The van der Waals surface area contributed by atoms with Crippen molar-refractivity contribution in [1.82, 2.24) is 4.98 Å². The summed E-state index contributed by atoms with van der Waals surface area (Å²) in [5, 5.41) is 11.2. The number of amides is 1. The number of nitrogens with zero attached hydrogens (tertiary/aromatic N) is 1. The second kappa shape index (κ2) is 3.75. The van der Waals surface area contributed by atoms with Crippen LogP contribution in [0.3, 0.4) is 0 Å². The van der Waals surface area contributed by atoms with Gasteiger partial charge in [-0.05, 0) is 12.5 Å². The monoisotopic (exact) mass is 191 g/mol. The molecular weight excluding hydrogens is 182 g/mol. The lowest BCUT2D eigenvalue weighted by atomic mass is 10.1. The zero-order chi connectivity index (χ0) is 10.7. The normalized spacial score (nSPS) is 9.21. The predicted octanol–water partition coefficient (Wildman–Crippen LogP) is 0.513. The van der Waals surface area contributed by atoms with Crippen LogP contribution < -0.4 is 10.9 Å². The summed E-state index contributed by atoms with van der Waals surface area (Å²) in [6.07, 6.45) is 1.37. The van der Waals surface area contributed by atoms with Crippen LogP contribution >= 0.6 is 0 Å². The van der Waals surface area contributed by atoms with Crippen molar-refractivity contribution in [3.63, 3.8) is 0 Å². The number of nitrogens with one attached hydrogen (secondary N) is 2. The Morgan fingerprint density at radius 2 is 2.29 bits per heavy atom. The lowest BCUT2D eigenvalue weighted by Gasteiger charge is -2.05. The Morgan fingerprint density at radius 1 is 1.64 bits per heavy atom. The van der Waals surface area contributed by atoms with Gasteiger partial charge in [-0.15, -0.1) is 0 Å². The molecule has 0 spiro atoms. The lowest BCUT2D eigenvalue weighted by Crippen LogP contribution is -2.15. The molecule has 1 aromatic heterocycles. The smallest absolute Gasteiger partial charge is 0.266 e. The van der Waals surface area contributed by atoms with E-state index in [1.54, 1.807) is 13.0 Å². The Hall–Kier alpha value is -2.09. The molecule has 0 atom stereocenters. The zero-order valence-corrected chi connectivity index (χ0v) is 7.84. The first-order valence-corrected chi connectivity index (χ1v) is 3.96. The van der Waals surface area contributed by atoms with Crippen LogP contribution in [0.4, 0.5) is 5.69 Å². The minimum atomic E-state index is -0.445. The number of H-pyrrole nitrogens is 1. The van der Waals surface area contributed by atoms with Crippen molar-refractivity contribution in [2.24, 2.45) is 0 Å². The minimum Gasteiger partial charge on any atom is -0.326 e. The van der Waals surface area contributed by atoms with Gasteiger partial charge in [-0.1, -0.05) is 0 Å². The second-order valence-corrected chi connectivity index (χ2v) is 2.82. The molecule has 72 valence electrons. The molecule has 1 heterocycles. The van der Waals surface area contributed by atoms with Gasteiger partial charge in [0.1, 0.15) is 11.6 Å². The fourth-order valence-corrected chi connectivity index (χ4v) is 1.08. The highest BCUT2D eigenvalue weighted by atomic mass is 16.1. The molecule has 0 bridgehead atoms. The van der Waals surface area contributed by atoms with Crippen molar-refractivity contribution in [3.05, 3.63) is 27.7 Å². The maximum Gasteiger partial charge on any atom is 0.266 e. The van der Waals surface area contributed by atoms with Gasteiger partial charge in [-0.2, -0.15) is 5.26 Å². The summed E-state index contributed by atoms with van der Waals surface area (Å²) in [7, 11) is 0. The van der Waals surface area contributed by atoms with Crippen LogP contribution in [0, 0.1) is 18.3 Å². The van der Waals surface area contributed by atoms with Crippen molar-refractivity contribution in [3.8, 4) is 6.07 Å². The highest BCUT2D eigenvalue weighted by molar-refractivity contribution is 5.89. The molecular formula is C9H9N3O2. The van der Waals surface area contributed by atoms with Crippen LogP contribution in [-0.4, -0.2) is 10.9 Å². The van der Waals surface area contributed by atoms with Crippen molar-refractivity contribution in [1.29, 1.82) is 5.26 Å². The van der Waals surface area contributed by atoms with Crippen LogP contribution in [0.15, 0.2) is 11.0 Å². The molecule has 1 aromatic rings. The fourth-order valence-electron chi connectivity index (χ4n) is 1.08. The molecule has 0 saturated carbocycles. The summed E-state index contributed by atoms with van der Waals surface area (Å²) < 4.78 is 0. The molecule has 1 rings (SSSR count). The van der Waals surface area contributed by atoms with Gasteiger partial charge in [0, 0.05) is 13.1 Å². The number of carbonyl (C=O) groups excluding carboxylic acids is 1. The molecule has 0 unspecified atom stereocenters. The molecule has 5 nitrogen and oxygen atoms in total. The van der Waals surface area contributed by atoms with Gasteiger partial charge in [0.25, 0.3) is 5.56 Å². The van der Waals surface area contributed by atoms with E-state index in [9.17, 15) is 9.59 Å². The summed E-state index contributed by atoms with van der Waals surface area (Å²) >= 11 is 0. The number of nitriles is 1. The summed E-state index contributed by atoms with van der Waals surface area (Å²) in [6.45, 7) is 2.97. The largest absolute Gasteiger partial charge is 0.326 e. The van der Waals surface area contributed by atoms with Gasteiger partial charge >= 0.3 is 0 Å². The number of aromatic amines is 1. The summed E-state index contributed by atoms with van der Waals surface area (Å²) in [5.74, 6) is -0.246. The molecule has 14 heavy (non-hydrogen) atoms.